The predicted molar refractivity (Wildman–Crippen MR) is 94.7 cm³/mol. The van der Waals surface area contributed by atoms with Gasteiger partial charge in [-0.05, 0) is 57.7 Å². The van der Waals surface area contributed by atoms with E-state index in [0.29, 0.717) is 23.2 Å². The molecule has 3 rings (SSSR count). The summed E-state index contributed by atoms with van der Waals surface area (Å²) in [6, 6.07) is 5.27. The first kappa shape index (κ1) is 17.1. The van der Waals surface area contributed by atoms with Gasteiger partial charge in [0, 0.05) is 11.9 Å². The molecule has 0 N–H and O–H groups in total. The normalized spacial score (nSPS) is 20.6. The fraction of sp³-hybridized carbons (Fsp3) is 0.556. The number of rotatable bonds is 1. The summed E-state index contributed by atoms with van der Waals surface area (Å²) in [5.41, 5.74) is 0.771. The number of hydrogen-bond donors (Lipinski definition) is 0. The molecule has 1 atom stereocenters. The molecule has 0 saturated heterocycles. The number of carbonyl (C=O) groups excluding carboxylic acids is 2. The Bertz CT molecular complexity index is 679. The minimum absolute atomic E-state index is 0.0105. The quantitative estimate of drug-likeness (QED) is 0.761. The molecule has 1 aliphatic heterocycles. The highest BCUT2D eigenvalue weighted by molar-refractivity contribution is 6.31. The lowest BCUT2D eigenvalue weighted by atomic mass is 10.0. The maximum Gasteiger partial charge on any atom is 0.414 e. The molecule has 0 spiro atoms. The monoisotopic (exact) mass is 350 g/mol. The molecule has 1 saturated carbocycles. The summed E-state index contributed by atoms with van der Waals surface area (Å²) in [6.07, 6.45) is 1.76. The molecule has 1 aromatic carbocycles. The van der Waals surface area contributed by atoms with Crippen molar-refractivity contribution in [2.45, 2.75) is 52.2 Å². The number of nitrogens with zero attached hydrogens (tertiary/aromatic N) is 2. The lowest BCUT2D eigenvalue weighted by molar-refractivity contribution is -0.117. The van der Waals surface area contributed by atoms with Crippen LogP contribution in [0.3, 0.4) is 0 Å². The average molecular weight is 351 g/mol. The maximum absolute atomic E-state index is 12.7. The molecule has 0 radical (unpaired) electrons. The SMILES string of the molecule is CC(=O)N1c2ccc(Cl)cc2N(C(=O)OC(C)(C)C)C[C@@H]1C1CC1. The van der Waals surface area contributed by atoms with Gasteiger partial charge in [0.15, 0.2) is 0 Å². The van der Waals surface area contributed by atoms with Crippen LogP contribution in [-0.2, 0) is 9.53 Å². The van der Waals surface area contributed by atoms with E-state index in [-0.39, 0.29) is 11.9 Å². The van der Waals surface area contributed by atoms with Crippen LogP contribution in [-0.4, -0.2) is 30.2 Å². The fourth-order valence-electron chi connectivity index (χ4n) is 3.20. The number of fused-ring (bicyclic) bond motifs is 1. The highest BCUT2D eigenvalue weighted by atomic mass is 35.5. The van der Waals surface area contributed by atoms with E-state index in [2.05, 4.69) is 0 Å². The summed E-state index contributed by atoms with van der Waals surface area (Å²) in [6.45, 7) is 7.53. The van der Waals surface area contributed by atoms with Crippen LogP contribution in [0.25, 0.3) is 0 Å². The van der Waals surface area contributed by atoms with E-state index in [1.807, 2.05) is 31.7 Å². The topological polar surface area (TPSA) is 49.9 Å². The summed E-state index contributed by atoms with van der Waals surface area (Å²) in [5.74, 6) is 0.418. The van der Waals surface area contributed by atoms with Crippen molar-refractivity contribution in [1.82, 2.24) is 0 Å². The predicted octanol–water partition coefficient (Wildman–Crippen LogP) is 4.23. The Hall–Kier alpha value is -1.75. The van der Waals surface area contributed by atoms with Gasteiger partial charge in [0.25, 0.3) is 0 Å². The molecule has 1 aromatic rings. The summed E-state index contributed by atoms with van der Waals surface area (Å²) >= 11 is 6.14. The van der Waals surface area contributed by atoms with Crippen LogP contribution in [0.4, 0.5) is 16.2 Å². The lowest BCUT2D eigenvalue weighted by Gasteiger charge is -2.42. The molecule has 0 bridgehead atoms. The first-order chi connectivity index (χ1) is 11.2. The molecular weight excluding hydrogens is 328 g/mol. The molecule has 1 aliphatic carbocycles. The third-order valence-corrected chi connectivity index (χ3v) is 4.54. The van der Waals surface area contributed by atoms with Crippen molar-refractivity contribution in [3.8, 4) is 0 Å². The minimum Gasteiger partial charge on any atom is -0.443 e. The molecule has 6 heteroatoms. The number of ether oxygens (including phenoxy) is 1. The van der Waals surface area contributed by atoms with Crippen LogP contribution in [0.5, 0.6) is 0 Å². The van der Waals surface area contributed by atoms with E-state index in [9.17, 15) is 9.59 Å². The number of benzene rings is 1. The van der Waals surface area contributed by atoms with Gasteiger partial charge in [-0.25, -0.2) is 4.79 Å². The first-order valence-electron chi connectivity index (χ1n) is 8.27. The smallest absolute Gasteiger partial charge is 0.414 e. The van der Waals surface area contributed by atoms with Gasteiger partial charge in [0.1, 0.15) is 5.60 Å². The average Bonchev–Trinajstić information content (AvgIpc) is 3.27. The number of anilines is 2. The molecule has 24 heavy (non-hydrogen) atoms. The number of amides is 2. The van der Waals surface area contributed by atoms with Gasteiger partial charge >= 0.3 is 6.09 Å². The number of halogens is 1. The van der Waals surface area contributed by atoms with Gasteiger partial charge in [0.05, 0.1) is 24.0 Å². The van der Waals surface area contributed by atoms with Gasteiger partial charge in [0.2, 0.25) is 5.91 Å². The lowest BCUT2D eigenvalue weighted by Crippen LogP contribution is -2.54. The van der Waals surface area contributed by atoms with Crippen molar-refractivity contribution in [1.29, 1.82) is 0 Å². The largest absolute Gasteiger partial charge is 0.443 e. The molecule has 2 amide bonds. The van der Waals surface area contributed by atoms with E-state index in [1.54, 1.807) is 24.0 Å². The fourth-order valence-corrected chi connectivity index (χ4v) is 3.36. The zero-order chi connectivity index (χ0) is 17.6. The Kier molecular flexibility index (Phi) is 4.24. The third kappa shape index (κ3) is 3.36. The zero-order valence-corrected chi connectivity index (χ0v) is 15.3. The molecule has 1 heterocycles. The van der Waals surface area contributed by atoms with Gasteiger partial charge in [-0.3, -0.25) is 9.69 Å². The molecular formula is C18H23ClN2O3. The second kappa shape index (κ2) is 5.96. The van der Waals surface area contributed by atoms with E-state index < -0.39 is 11.7 Å². The summed E-state index contributed by atoms with van der Waals surface area (Å²) in [7, 11) is 0. The van der Waals surface area contributed by atoms with Gasteiger partial charge < -0.3 is 9.64 Å². The summed E-state index contributed by atoms with van der Waals surface area (Å²) < 4.78 is 5.56. The van der Waals surface area contributed by atoms with E-state index in [0.717, 1.165) is 18.5 Å². The van der Waals surface area contributed by atoms with Crippen LogP contribution >= 0.6 is 11.6 Å². The maximum atomic E-state index is 12.7. The Morgan fingerprint density at radius 2 is 1.88 bits per heavy atom. The standard InChI is InChI=1S/C18H23ClN2O3/c1-11(22)21-14-8-7-13(19)9-15(14)20(10-16(21)12-5-6-12)17(23)24-18(2,3)4/h7-9,12,16H,5-6,10H2,1-4H3/t16-/m1/s1. The zero-order valence-electron chi connectivity index (χ0n) is 14.5. The van der Waals surface area contributed by atoms with Crippen molar-refractivity contribution in [3.05, 3.63) is 23.2 Å². The number of carbonyl (C=O) groups is 2. The molecule has 5 nitrogen and oxygen atoms in total. The Labute approximate surface area is 147 Å². The number of hydrogen-bond acceptors (Lipinski definition) is 3. The van der Waals surface area contributed by atoms with Crippen LogP contribution < -0.4 is 9.80 Å². The van der Waals surface area contributed by atoms with Crippen molar-refractivity contribution in [3.63, 3.8) is 0 Å². The molecule has 1 fully saturated rings. The van der Waals surface area contributed by atoms with E-state index >= 15 is 0 Å². The van der Waals surface area contributed by atoms with E-state index in [4.69, 9.17) is 16.3 Å². The van der Waals surface area contributed by atoms with Crippen molar-refractivity contribution < 1.29 is 14.3 Å². The second-order valence-corrected chi connectivity index (χ2v) is 7.95. The summed E-state index contributed by atoms with van der Waals surface area (Å²) in [5, 5.41) is 0.524. The van der Waals surface area contributed by atoms with Crippen molar-refractivity contribution in [2.24, 2.45) is 5.92 Å². The highest BCUT2D eigenvalue weighted by Crippen LogP contribution is 2.45. The Morgan fingerprint density at radius 3 is 2.42 bits per heavy atom. The van der Waals surface area contributed by atoms with Crippen LogP contribution in [0.2, 0.25) is 5.02 Å². The van der Waals surface area contributed by atoms with Crippen LogP contribution in [0, 0.1) is 5.92 Å². The Balaban J connectivity index is 2.03. The van der Waals surface area contributed by atoms with E-state index in [1.165, 1.54) is 0 Å². The summed E-state index contributed by atoms with van der Waals surface area (Å²) in [4.78, 5) is 28.4. The molecule has 0 aromatic heterocycles. The second-order valence-electron chi connectivity index (χ2n) is 7.52. The third-order valence-electron chi connectivity index (χ3n) is 4.31. The molecule has 130 valence electrons. The van der Waals surface area contributed by atoms with Gasteiger partial charge in [-0.2, -0.15) is 0 Å². The van der Waals surface area contributed by atoms with Crippen molar-refractivity contribution >= 4 is 35.0 Å². The van der Waals surface area contributed by atoms with Gasteiger partial charge in [-0.1, -0.05) is 11.6 Å². The highest BCUT2D eigenvalue weighted by Gasteiger charge is 2.44. The molecule has 0 unspecified atom stereocenters. The molecule has 2 aliphatic rings. The minimum atomic E-state index is -0.581. The van der Waals surface area contributed by atoms with Gasteiger partial charge in [-0.15, -0.1) is 0 Å². The Morgan fingerprint density at radius 1 is 1.21 bits per heavy atom. The van der Waals surface area contributed by atoms with Crippen LogP contribution in [0.1, 0.15) is 40.5 Å². The first-order valence-corrected chi connectivity index (χ1v) is 8.65. The van der Waals surface area contributed by atoms with Crippen LogP contribution in [0.15, 0.2) is 18.2 Å². The van der Waals surface area contributed by atoms with Crippen molar-refractivity contribution in [2.75, 3.05) is 16.3 Å².